The molecule has 0 aliphatic carbocycles. The highest BCUT2D eigenvalue weighted by atomic mass is 33.2. The fraction of sp³-hybridized carbons (Fsp3) is 0. The van der Waals surface area contributed by atoms with Crippen molar-refractivity contribution >= 4 is 18.2 Å². The summed E-state index contributed by atoms with van der Waals surface area (Å²) in [6.45, 7) is 0. The van der Waals surface area contributed by atoms with E-state index in [1.165, 1.54) is 0 Å². The number of nitrogens with one attached hydrogen (secondary N) is 1. The molecular formula is H2N2O5S2. The first-order valence-corrected chi connectivity index (χ1v) is 4.82. The van der Waals surface area contributed by atoms with Gasteiger partial charge in [0.25, 0.3) is 0 Å². The Morgan fingerprint density at radius 2 is 1.56 bits per heavy atom. The van der Waals surface area contributed by atoms with E-state index in [-0.39, 0.29) is 0 Å². The first-order valence-electron chi connectivity index (χ1n) is 1.42. The summed E-state index contributed by atoms with van der Waals surface area (Å²) in [5.41, 5.74) is 5.76. The second kappa shape index (κ2) is 2.01. The van der Waals surface area contributed by atoms with Crippen LogP contribution in [0.1, 0.15) is 0 Å². The molecule has 9 heteroatoms. The van der Waals surface area contributed by atoms with Gasteiger partial charge in [0.15, 0.2) is 0 Å². The lowest BCUT2D eigenvalue weighted by Crippen LogP contribution is -2.09. The minimum atomic E-state index is -5.23. The highest BCUT2D eigenvalue weighted by Crippen LogP contribution is 1.98. The van der Waals surface area contributed by atoms with Crippen LogP contribution >= 0.6 is 0 Å². The molecule has 0 spiro atoms. The van der Waals surface area contributed by atoms with E-state index >= 15 is 0 Å². The Bertz CT molecular complexity index is 292. The van der Waals surface area contributed by atoms with Crippen LogP contribution in [0.5, 0.6) is 0 Å². The molecule has 0 rings (SSSR count). The molecule has 0 aromatic rings. The Hall–Kier alpha value is -0.540. The van der Waals surface area contributed by atoms with Crippen molar-refractivity contribution in [3.63, 3.8) is 0 Å². The van der Waals surface area contributed by atoms with E-state index in [0.717, 1.165) is 0 Å². The van der Waals surface area contributed by atoms with Crippen LogP contribution in [0.15, 0.2) is 4.52 Å². The largest absolute Gasteiger partial charge is 0.400 e. The van der Waals surface area contributed by atoms with Gasteiger partial charge < -0.3 is 0 Å². The van der Waals surface area contributed by atoms with Gasteiger partial charge in [-0.2, -0.15) is 22.4 Å². The molecule has 0 saturated carbocycles. The Kier molecular flexibility index (Phi) is 1.88. The molecule has 0 bridgehead atoms. The van der Waals surface area contributed by atoms with Crippen molar-refractivity contribution < 1.29 is 21.4 Å². The van der Waals surface area contributed by atoms with Crippen LogP contribution in [0.4, 0.5) is 0 Å². The van der Waals surface area contributed by atoms with Crippen molar-refractivity contribution in [3.8, 4) is 0 Å². The zero-order valence-corrected chi connectivity index (χ0v) is 5.48. The van der Waals surface area contributed by atoms with Gasteiger partial charge in [0.2, 0.25) is 0 Å². The van der Waals surface area contributed by atoms with E-state index in [2.05, 4.69) is 0 Å². The predicted molar refractivity (Wildman–Crippen MR) is 25.6 cm³/mol. The maximum Gasteiger partial charge on any atom is 0.400 e. The molecule has 2 N–H and O–H groups in total. The van der Waals surface area contributed by atoms with Crippen LogP contribution in [-0.2, 0) is 18.2 Å². The number of hydrogen-bond acceptors (Lipinski definition) is 5. The van der Waals surface area contributed by atoms with Gasteiger partial charge >= 0.3 is 18.2 Å². The van der Waals surface area contributed by atoms with Crippen LogP contribution in [-0.4, -0.2) is 21.4 Å². The molecule has 0 fully saturated rings. The molecule has 0 saturated heterocycles. The third-order valence-corrected chi connectivity index (χ3v) is 2.95. The predicted octanol–water partition coefficient (Wildman–Crippen LogP) is -0.850. The molecule has 54 valence electrons. The molecule has 0 aromatic carbocycles. The molecule has 0 aromatic heterocycles. The third-order valence-electron chi connectivity index (χ3n) is 0.378. The van der Waals surface area contributed by atoms with Crippen molar-refractivity contribution in [1.29, 1.82) is 5.53 Å². The highest BCUT2D eigenvalue weighted by molar-refractivity contribution is 8.64. The molecule has 0 atom stereocenters. The number of rotatable bonds is 2. The standard InChI is InChI=1S/H2N2O5S2/c1-2-8(3,4)9(5,6)7/h1H,(H,5,6,7). The van der Waals surface area contributed by atoms with Crippen LogP contribution in [0, 0.1) is 5.53 Å². The molecule has 7 nitrogen and oxygen atoms in total. The summed E-state index contributed by atoms with van der Waals surface area (Å²) < 4.78 is 48.3. The summed E-state index contributed by atoms with van der Waals surface area (Å²) in [7, 11) is -10.3. The topological polar surface area (TPSA) is 125 Å². The van der Waals surface area contributed by atoms with Gasteiger partial charge in [0.05, 0.1) is 0 Å². The second-order valence-corrected chi connectivity index (χ2v) is 5.37. The highest BCUT2D eigenvalue weighted by Gasteiger charge is 2.25. The maximum absolute atomic E-state index is 9.83. The van der Waals surface area contributed by atoms with Crippen molar-refractivity contribution in [3.05, 3.63) is 0 Å². The molecule has 9 heavy (non-hydrogen) atoms. The van der Waals surface area contributed by atoms with E-state index in [1.54, 1.807) is 4.52 Å². The smallest absolute Gasteiger partial charge is 0.272 e. The Morgan fingerprint density at radius 1 is 1.22 bits per heavy atom. The normalized spacial score (nSPS) is 13.0. The van der Waals surface area contributed by atoms with Gasteiger partial charge in [-0.05, 0) is 0 Å². The summed E-state index contributed by atoms with van der Waals surface area (Å²) >= 11 is 0. The minimum Gasteiger partial charge on any atom is -0.272 e. The Balaban J connectivity index is 5.33. The fourth-order valence-electron chi connectivity index (χ4n) is 0.0471. The van der Waals surface area contributed by atoms with Gasteiger partial charge in [-0.25, -0.2) is 0 Å². The average molecular weight is 174 g/mol. The van der Waals surface area contributed by atoms with E-state index in [9.17, 15) is 16.8 Å². The maximum atomic E-state index is 9.83. The van der Waals surface area contributed by atoms with Crippen molar-refractivity contribution in [2.75, 3.05) is 0 Å². The lowest BCUT2D eigenvalue weighted by molar-refractivity contribution is 0.492. The van der Waals surface area contributed by atoms with Crippen LogP contribution in [0.3, 0.4) is 0 Å². The van der Waals surface area contributed by atoms with E-state index in [4.69, 9.17) is 10.1 Å². The Morgan fingerprint density at radius 3 is 1.56 bits per heavy atom. The van der Waals surface area contributed by atoms with Gasteiger partial charge in [-0.1, -0.05) is 4.52 Å². The van der Waals surface area contributed by atoms with Gasteiger partial charge in [0.1, 0.15) is 0 Å². The van der Waals surface area contributed by atoms with Crippen LogP contribution in [0.25, 0.3) is 0 Å². The second-order valence-electron chi connectivity index (χ2n) is 0.947. The van der Waals surface area contributed by atoms with Gasteiger partial charge in [-0.15, -0.1) is 0 Å². The first kappa shape index (κ1) is 8.46. The van der Waals surface area contributed by atoms with Crippen LogP contribution < -0.4 is 0 Å². The SMILES string of the molecule is N=NS(=O)(=O)S(=O)(=O)O. The lowest BCUT2D eigenvalue weighted by Gasteiger charge is -1.85. The molecule has 0 radical (unpaired) electrons. The summed E-state index contributed by atoms with van der Waals surface area (Å²) in [6, 6.07) is 0. The summed E-state index contributed by atoms with van der Waals surface area (Å²) in [6.07, 6.45) is 0. The number of hydrogen-bond donors (Lipinski definition) is 2. The zero-order chi connectivity index (χ0) is 7.71. The molecule has 0 aliphatic heterocycles. The molecule has 0 amide bonds. The third kappa shape index (κ3) is 1.69. The molecular weight excluding hydrogens is 172 g/mol. The van der Waals surface area contributed by atoms with E-state index < -0.39 is 18.2 Å². The lowest BCUT2D eigenvalue weighted by atomic mass is 13.3. The molecule has 0 aliphatic rings. The molecule has 0 unspecified atom stereocenters. The average Bonchev–Trinajstić information content (AvgIpc) is 1.64. The van der Waals surface area contributed by atoms with Gasteiger partial charge in [-0.3, -0.25) is 4.55 Å². The minimum absolute atomic E-state index is 1.68. The van der Waals surface area contributed by atoms with E-state index in [1.807, 2.05) is 0 Å². The number of nitrogens with zero attached hydrogens (tertiary/aromatic N) is 1. The quantitative estimate of drug-likeness (QED) is 0.320. The Labute approximate surface area is 50.4 Å². The fourth-order valence-corrected chi connectivity index (χ4v) is 0.424. The first-order chi connectivity index (χ1) is 3.81. The summed E-state index contributed by atoms with van der Waals surface area (Å²) in [5.74, 6) is 0. The van der Waals surface area contributed by atoms with Crippen molar-refractivity contribution in [1.82, 2.24) is 0 Å². The zero-order valence-electron chi connectivity index (χ0n) is 3.84. The summed E-state index contributed by atoms with van der Waals surface area (Å²) in [4.78, 5) is 0. The van der Waals surface area contributed by atoms with Crippen molar-refractivity contribution in [2.45, 2.75) is 0 Å². The molecule has 0 heterocycles. The van der Waals surface area contributed by atoms with Crippen LogP contribution in [0.2, 0.25) is 0 Å². The van der Waals surface area contributed by atoms with Gasteiger partial charge in [0, 0.05) is 0 Å². The van der Waals surface area contributed by atoms with E-state index in [0.29, 0.717) is 0 Å². The summed E-state index contributed by atoms with van der Waals surface area (Å²) in [5, 5.41) is 0. The van der Waals surface area contributed by atoms with Crippen molar-refractivity contribution in [2.24, 2.45) is 4.52 Å². The monoisotopic (exact) mass is 174 g/mol.